The van der Waals surface area contributed by atoms with E-state index in [-0.39, 0.29) is 66.0 Å². The summed E-state index contributed by atoms with van der Waals surface area (Å²) in [5.74, 6) is 0. The second kappa shape index (κ2) is 15.7. The van der Waals surface area contributed by atoms with Crippen LogP contribution in [-0.2, 0) is 0 Å². The molecule has 0 fully saturated rings. The van der Waals surface area contributed by atoms with Gasteiger partial charge in [0.25, 0.3) is 0 Å². The zero-order chi connectivity index (χ0) is 3.58. The standard InChI is InChI=1S/NO3.2Na.H2O.H/c2-1(3)4;;;;/h;;;1H2;/q-1;2*+1;;-1. The van der Waals surface area contributed by atoms with Crippen molar-refractivity contribution in [2.24, 2.45) is 0 Å². The van der Waals surface area contributed by atoms with E-state index in [0.29, 0.717) is 0 Å². The third-order valence-electron chi connectivity index (χ3n) is 0. The molecule has 0 spiro atoms. The van der Waals surface area contributed by atoms with Crippen LogP contribution in [0.15, 0.2) is 0 Å². The third-order valence-corrected chi connectivity index (χ3v) is 0. The van der Waals surface area contributed by atoms with Gasteiger partial charge in [-0.2, -0.15) is 0 Å². The van der Waals surface area contributed by atoms with Crippen LogP contribution in [0.5, 0.6) is 0 Å². The van der Waals surface area contributed by atoms with E-state index in [9.17, 15) is 0 Å². The molecule has 0 aliphatic rings. The maximum atomic E-state index is 8.25. The van der Waals surface area contributed by atoms with Crippen molar-refractivity contribution in [2.45, 2.75) is 0 Å². The van der Waals surface area contributed by atoms with E-state index in [1.807, 2.05) is 0 Å². The molecule has 0 atom stereocenters. The van der Waals surface area contributed by atoms with Crippen molar-refractivity contribution >= 4 is 0 Å². The monoisotopic (exact) mass is 127 g/mol. The van der Waals surface area contributed by atoms with Crippen molar-refractivity contribution in [1.29, 1.82) is 0 Å². The molecule has 0 saturated carbocycles. The first-order valence-corrected chi connectivity index (χ1v) is 0.548. The third kappa shape index (κ3) is 142. The van der Waals surface area contributed by atoms with Gasteiger partial charge in [0.1, 0.15) is 0 Å². The van der Waals surface area contributed by atoms with E-state index < -0.39 is 5.09 Å². The Bertz CT molecular complexity index is 37.0. The smallest absolute Gasteiger partial charge is 1.00 e. The summed E-state index contributed by atoms with van der Waals surface area (Å²) < 4.78 is 0. The minimum absolute atomic E-state index is 0. The van der Waals surface area contributed by atoms with Gasteiger partial charge in [-0.25, -0.2) is 0 Å². The van der Waals surface area contributed by atoms with Gasteiger partial charge in [-0.05, 0) is 0 Å². The Morgan fingerprint density at radius 2 is 1.29 bits per heavy atom. The molecular formula is H3NNa2O4. The summed E-state index contributed by atoms with van der Waals surface area (Å²) in [6, 6.07) is 0. The Morgan fingerprint density at radius 1 is 1.29 bits per heavy atom. The average molecular weight is 127 g/mol. The zero-order valence-electron chi connectivity index (χ0n) is 5.17. The number of hydrogen-bond donors (Lipinski definition) is 0. The molecular weight excluding hydrogens is 124 g/mol. The molecule has 0 rings (SSSR count). The number of rotatable bonds is 0. The van der Waals surface area contributed by atoms with E-state index >= 15 is 0 Å². The second-order valence-corrected chi connectivity index (χ2v) is 0.224. The molecule has 0 amide bonds. The molecule has 7 heteroatoms. The van der Waals surface area contributed by atoms with Gasteiger partial charge in [-0.15, -0.1) is 0 Å². The van der Waals surface area contributed by atoms with E-state index in [4.69, 9.17) is 15.3 Å². The van der Waals surface area contributed by atoms with Gasteiger partial charge >= 0.3 is 59.1 Å². The van der Waals surface area contributed by atoms with Gasteiger partial charge in [-0.3, -0.25) is 0 Å². The molecule has 0 saturated heterocycles. The first-order chi connectivity index (χ1) is 1.73. The van der Waals surface area contributed by atoms with Gasteiger partial charge in [0.2, 0.25) is 0 Å². The van der Waals surface area contributed by atoms with Gasteiger partial charge in [0.15, 0.2) is 0 Å². The largest absolute Gasteiger partial charge is 1.00 e. The number of hydrogen-bond acceptors (Lipinski definition) is 3. The molecule has 0 unspecified atom stereocenters. The molecule has 7 heavy (non-hydrogen) atoms. The molecule has 2 N–H and O–H groups in total. The van der Waals surface area contributed by atoms with Gasteiger partial charge in [0, 0.05) is 0 Å². The van der Waals surface area contributed by atoms with Crippen LogP contribution in [0.25, 0.3) is 0 Å². The summed E-state index contributed by atoms with van der Waals surface area (Å²) in [5.41, 5.74) is 0. The molecule has 0 aliphatic carbocycles. The predicted molar refractivity (Wildman–Crippen MR) is 15.1 cm³/mol. The molecule has 0 bridgehead atoms. The van der Waals surface area contributed by atoms with Crippen LogP contribution >= 0.6 is 0 Å². The Labute approximate surface area is 85.6 Å². The maximum Gasteiger partial charge on any atom is 1.00 e. The normalized spacial score (nSPS) is 3.43. The fraction of sp³-hybridized carbons (Fsp3) is 0. The molecule has 0 radical (unpaired) electrons. The van der Waals surface area contributed by atoms with Crippen molar-refractivity contribution in [3.05, 3.63) is 15.3 Å². The van der Waals surface area contributed by atoms with E-state index in [2.05, 4.69) is 0 Å². The van der Waals surface area contributed by atoms with Crippen LogP contribution in [0.4, 0.5) is 0 Å². The van der Waals surface area contributed by atoms with E-state index in [1.54, 1.807) is 0 Å². The van der Waals surface area contributed by atoms with Gasteiger partial charge < -0.3 is 22.2 Å². The van der Waals surface area contributed by atoms with Crippen LogP contribution in [0.3, 0.4) is 0 Å². The quantitative estimate of drug-likeness (QED) is 0.183. The Hall–Kier alpha value is 1.16. The molecule has 0 heterocycles. The van der Waals surface area contributed by atoms with Crippen LogP contribution < -0.4 is 59.1 Å². The summed E-state index contributed by atoms with van der Waals surface area (Å²) in [7, 11) is 0. The summed E-state index contributed by atoms with van der Waals surface area (Å²) in [6.07, 6.45) is 0. The molecule has 0 aromatic heterocycles. The summed E-state index contributed by atoms with van der Waals surface area (Å²) in [4.78, 5) is 8.25. The number of nitrogens with zero attached hydrogens (tertiary/aromatic N) is 1. The SMILES string of the molecule is O.O=[N+]([O-])[O-].[H-].[Na+].[Na+]. The fourth-order valence-corrected chi connectivity index (χ4v) is 0. The van der Waals surface area contributed by atoms with Gasteiger partial charge in [0.05, 0.1) is 5.09 Å². The van der Waals surface area contributed by atoms with Gasteiger partial charge in [-0.1, -0.05) is 0 Å². The van der Waals surface area contributed by atoms with Crippen molar-refractivity contribution in [3.8, 4) is 0 Å². The first-order valence-electron chi connectivity index (χ1n) is 0.548. The van der Waals surface area contributed by atoms with Crippen molar-refractivity contribution in [1.82, 2.24) is 0 Å². The Balaban J connectivity index is -0.00000000750. The minimum Gasteiger partial charge on any atom is -1.00 e. The minimum atomic E-state index is -1.75. The van der Waals surface area contributed by atoms with Crippen LogP contribution in [0.1, 0.15) is 1.43 Å². The Morgan fingerprint density at radius 3 is 1.29 bits per heavy atom. The second-order valence-electron chi connectivity index (χ2n) is 0.224. The fourth-order valence-electron chi connectivity index (χ4n) is 0. The van der Waals surface area contributed by atoms with Crippen LogP contribution in [0.2, 0.25) is 0 Å². The summed E-state index contributed by atoms with van der Waals surface area (Å²) >= 11 is 0. The first kappa shape index (κ1) is 24.2. The molecule has 0 aromatic rings. The maximum absolute atomic E-state index is 8.25. The summed E-state index contributed by atoms with van der Waals surface area (Å²) in [5, 5.41) is 14.8. The predicted octanol–water partition coefficient (Wildman–Crippen LogP) is -6.94. The van der Waals surface area contributed by atoms with Crippen molar-refractivity contribution < 1.29 is 71.1 Å². The van der Waals surface area contributed by atoms with Crippen LogP contribution in [0, 0.1) is 15.3 Å². The van der Waals surface area contributed by atoms with Crippen LogP contribution in [-0.4, -0.2) is 10.6 Å². The van der Waals surface area contributed by atoms with Crippen molar-refractivity contribution in [3.63, 3.8) is 0 Å². The summed E-state index contributed by atoms with van der Waals surface area (Å²) in [6.45, 7) is 0. The molecule has 5 nitrogen and oxygen atoms in total. The zero-order valence-corrected chi connectivity index (χ0v) is 8.17. The average Bonchev–Trinajstić information content (AvgIpc) is 0.811. The Kier molecular flexibility index (Phi) is 54.2. The molecule has 0 aliphatic heterocycles. The topological polar surface area (TPSA) is 97.7 Å². The molecule has 34 valence electrons. The van der Waals surface area contributed by atoms with Crippen molar-refractivity contribution in [2.75, 3.05) is 0 Å². The van der Waals surface area contributed by atoms with E-state index in [0.717, 1.165) is 0 Å². The molecule has 0 aromatic carbocycles. The van der Waals surface area contributed by atoms with E-state index in [1.165, 1.54) is 0 Å².